The molecule has 6 heteroatoms. The zero-order chi connectivity index (χ0) is 18.7. The Morgan fingerprint density at radius 3 is 2.58 bits per heavy atom. The molecular weight excluding hydrogens is 350 g/mol. The molecule has 26 heavy (non-hydrogen) atoms. The third kappa shape index (κ3) is 4.05. The van der Waals surface area contributed by atoms with Gasteiger partial charge in [-0.3, -0.25) is 0 Å². The highest BCUT2D eigenvalue weighted by Crippen LogP contribution is 2.28. The van der Waals surface area contributed by atoms with E-state index in [9.17, 15) is 4.79 Å². The van der Waals surface area contributed by atoms with Gasteiger partial charge in [-0.15, -0.1) is 0 Å². The Balaban J connectivity index is 1.66. The van der Waals surface area contributed by atoms with Crippen LogP contribution in [0.5, 0.6) is 5.75 Å². The first-order valence-corrected chi connectivity index (χ1v) is 9.08. The van der Waals surface area contributed by atoms with E-state index >= 15 is 0 Å². The van der Waals surface area contributed by atoms with Gasteiger partial charge >= 0.3 is 6.03 Å². The van der Waals surface area contributed by atoms with E-state index < -0.39 is 0 Å². The van der Waals surface area contributed by atoms with Crippen molar-refractivity contribution >= 4 is 29.0 Å². The van der Waals surface area contributed by atoms with Crippen molar-refractivity contribution < 1.29 is 9.53 Å². The van der Waals surface area contributed by atoms with Crippen LogP contribution in [0.3, 0.4) is 0 Å². The predicted octanol–water partition coefficient (Wildman–Crippen LogP) is 4.40. The largest absolute Gasteiger partial charge is 0.495 e. The molecule has 1 aliphatic heterocycles. The summed E-state index contributed by atoms with van der Waals surface area (Å²) in [6.45, 7) is 6.33. The summed E-state index contributed by atoms with van der Waals surface area (Å²) in [6, 6.07) is 13.8. The smallest absolute Gasteiger partial charge is 0.322 e. The van der Waals surface area contributed by atoms with E-state index in [4.69, 9.17) is 16.3 Å². The van der Waals surface area contributed by atoms with E-state index in [1.54, 1.807) is 25.3 Å². The van der Waals surface area contributed by atoms with Gasteiger partial charge in [0.15, 0.2) is 0 Å². The number of methoxy groups -OCH3 is 1. The highest BCUT2D eigenvalue weighted by Gasteiger charge is 2.27. The summed E-state index contributed by atoms with van der Waals surface area (Å²) < 4.78 is 5.29. The number of rotatable bonds is 3. The molecule has 1 N–H and O–H groups in total. The molecule has 138 valence electrons. The summed E-state index contributed by atoms with van der Waals surface area (Å²) in [4.78, 5) is 16.8. The van der Waals surface area contributed by atoms with Gasteiger partial charge in [0.25, 0.3) is 0 Å². The van der Waals surface area contributed by atoms with Gasteiger partial charge in [0, 0.05) is 36.4 Å². The van der Waals surface area contributed by atoms with E-state index in [2.05, 4.69) is 48.3 Å². The van der Waals surface area contributed by atoms with Gasteiger partial charge in [0.05, 0.1) is 12.8 Å². The van der Waals surface area contributed by atoms with E-state index in [1.807, 2.05) is 4.90 Å². The van der Waals surface area contributed by atoms with Crippen molar-refractivity contribution in [3.05, 3.63) is 53.1 Å². The third-order valence-corrected chi connectivity index (χ3v) is 4.92. The highest BCUT2D eigenvalue weighted by atomic mass is 35.5. The Kier molecular flexibility index (Phi) is 5.57. The van der Waals surface area contributed by atoms with Crippen molar-refractivity contribution in [1.82, 2.24) is 4.90 Å². The van der Waals surface area contributed by atoms with Gasteiger partial charge in [0.2, 0.25) is 0 Å². The summed E-state index contributed by atoms with van der Waals surface area (Å²) in [7, 11) is 1.57. The molecule has 0 aromatic heterocycles. The third-order valence-electron chi connectivity index (χ3n) is 4.68. The molecule has 5 nitrogen and oxygen atoms in total. The molecule has 1 aliphatic rings. The summed E-state index contributed by atoms with van der Waals surface area (Å²) in [6.07, 6.45) is 0. The maximum Gasteiger partial charge on any atom is 0.322 e. The van der Waals surface area contributed by atoms with Crippen LogP contribution in [-0.4, -0.2) is 43.7 Å². The molecule has 1 unspecified atom stereocenters. The predicted molar refractivity (Wildman–Crippen MR) is 107 cm³/mol. The number of urea groups is 1. The van der Waals surface area contributed by atoms with Crippen molar-refractivity contribution in [2.45, 2.75) is 19.9 Å². The number of nitrogens with zero attached hydrogens (tertiary/aromatic N) is 2. The monoisotopic (exact) mass is 373 g/mol. The van der Waals surface area contributed by atoms with Gasteiger partial charge in [-0.1, -0.05) is 29.3 Å². The van der Waals surface area contributed by atoms with Crippen molar-refractivity contribution in [3.8, 4) is 5.75 Å². The Morgan fingerprint density at radius 2 is 1.92 bits per heavy atom. The van der Waals surface area contributed by atoms with Gasteiger partial charge in [-0.25, -0.2) is 4.79 Å². The van der Waals surface area contributed by atoms with E-state index in [-0.39, 0.29) is 12.1 Å². The average Bonchev–Trinajstić information content (AvgIpc) is 2.63. The number of hydrogen-bond donors (Lipinski definition) is 1. The zero-order valence-corrected chi connectivity index (χ0v) is 16.1. The van der Waals surface area contributed by atoms with Crippen LogP contribution >= 0.6 is 11.6 Å². The lowest BCUT2D eigenvalue weighted by Crippen LogP contribution is -2.54. The molecule has 0 spiro atoms. The van der Waals surface area contributed by atoms with Crippen LogP contribution in [-0.2, 0) is 0 Å². The summed E-state index contributed by atoms with van der Waals surface area (Å²) in [5, 5.41) is 3.47. The molecule has 1 heterocycles. The van der Waals surface area contributed by atoms with Crippen molar-refractivity contribution in [2.75, 3.05) is 37.0 Å². The molecule has 2 aromatic rings. The maximum atomic E-state index is 12.7. The number of carbonyl (C=O) groups excluding carboxylic acids is 1. The summed E-state index contributed by atoms with van der Waals surface area (Å²) in [5.74, 6) is 0.592. The quantitative estimate of drug-likeness (QED) is 0.867. The second-order valence-corrected chi connectivity index (χ2v) is 7.04. The first-order chi connectivity index (χ1) is 12.5. The van der Waals surface area contributed by atoms with E-state index in [0.29, 0.717) is 29.5 Å². The van der Waals surface area contributed by atoms with Crippen LogP contribution in [0.25, 0.3) is 0 Å². The number of benzene rings is 2. The Hall–Kier alpha value is -2.40. The highest BCUT2D eigenvalue weighted by molar-refractivity contribution is 6.31. The second-order valence-electron chi connectivity index (χ2n) is 6.60. The molecule has 2 aromatic carbocycles. The maximum absolute atomic E-state index is 12.7. The first kappa shape index (κ1) is 18.4. The molecule has 1 saturated heterocycles. The molecular formula is C20H24ClN3O2. The molecule has 2 amide bonds. The fraction of sp³-hybridized carbons (Fsp3) is 0.350. The molecule has 3 rings (SSSR count). The van der Waals surface area contributed by atoms with Crippen LogP contribution in [0.2, 0.25) is 5.02 Å². The van der Waals surface area contributed by atoms with Crippen LogP contribution in [0.1, 0.15) is 12.5 Å². The molecule has 1 fully saturated rings. The molecule has 0 saturated carbocycles. The van der Waals surface area contributed by atoms with Crippen LogP contribution in [0, 0.1) is 6.92 Å². The van der Waals surface area contributed by atoms with Gasteiger partial charge in [-0.2, -0.15) is 0 Å². The minimum Gasteiger partial charge on any atom is -0.495 e. The Labute approximate surface area is 159 Å². The van der Waals surface area contributed by atoms with E-state index in [0.717, 1.165) is 6.54 Å². The number of amides is 2. The Bertz CT molecular complexity index is 779. The fourth-order valence-corrected chi connectivity index (χ4v) is 3.41. The average molecular weight is 374 g/mol. The topological polar surface area (TPSA) is 44.8 Å². The number of piperazine rings is 1. The standard InChI is InChI=1S/C20H24ClN3O2/c1-14-4-7-17(8-5-14)24-11-10-23(13-15(24)2)20(25)22-18-12-16(21)6-9-19(18)26-3/h4-9,12,15H,10-11,13H2,1-3H3,(H,22,25). The number of nitrogens with one attached hydrogen (secondary N) is 1. The molecule has 0 radical (unpaired) electrons. The van der Waals surface area contributed by atoms with Gasteiger partial charge in [0.1, 0.15) is 5.75 Å². The number of carbonyl (C=O) groups is 1. The fourth-order valence-electron chi connectivity index (χ4n) is 3.23. The van der Waals surface area contributed by atoms with Crippen LogP contribution < -0.4 is 15.0 Å². The summed E-state index contributed by atoms with van der Waals surface area (Å²) in [5.41, 5.74) is 3.02. The van der Waals surface area contributed by atoms with Gasteiger partial charge < -0.3 is 19.9 Å². The van der Waals surface area contributed by atoms with Crippen molar-refractivity contribution in [3.63, 3.8) is 0 Å². The van der Waals surface area contributed by atoms with Gasteiger partial charge in [-0.05, 0) is 44.2 Å². The minimum absolute atomic E-state index is 0.138. The van der Waals surface area contributed by atoms with Crippen molar-refractivity contribution in [2.24, 2.45) is 0 Å². The lowest BCUT2D eigenvalue weighted by atomic mass is 10.1. The van der Waals surface area contributed by atoms with E-state index in [1.165, 1.54) is 11.3 Å². The van der Waals surface area contributed by atoms with Crippen molar-refractivity contribution in [1.29, 1.82) is 0 Å². The lowest BCUT2D eigenvalue weighted by molar-refractivity contribution is 0.200. The Morgan fingerprint density at radius 1 is 1.19 bits per heavy atom. The SMILES string of the molecule is COc1ccc(Cl)cc1NC(=O)N1CCN(c2ccc(C)cc2)C(C)C1. The van der Waals surface area contributed by atoms with Crippen LogP contribution in [0.4, 0.5) is 16.2 Å². The first-order valence-electron chi connectivity index (χ1n) is 8.70. The lowest BCUT2D eigenvalue weighted by Gasteiger charge is -2.41. The number of halogens is 1. The minimum atomic E-state index is -0.138. The molecule has 1 atom stereocenters. The summed E-state index contributed by atoms with van der Waals surface area (Å²) >= 11 is 6.04. The number of aryl methyl sites for hydroxylation is 1. The zero-order valence-electron chi connectivity index (χ0n) is 15.3. The van der Waals surface area contributed by atoms with Crippen LogP contribution in [0.15, 0.2) is 42.5 Å². The normalized spacial score (nSPS) is 17.2. The number of hydrogen-bond acceptors (Lipinski definition) is 3. The molecule has 0 bridgehead atoms. The molecule has 0 aliphatic carbocycles. The number of ether oxygens (including phenoxy) is 1. The number of anilines is 2. The second kappa shape index (κ2) is 7.87.